The van der Waals surface area contributed by atoms with Gasteiger partial charge in [-0.1, -0.05) is 146 Å². The number of nitrogens with zero attached hydrogens (tertiary/aromatic N) is 4. The summed E-state index contributed by atoms with van der Waals surface area (Å²) in [5.74, 6) is 1.92. The SMILES string of the molecule is c1ccc(-c2ccc(-c3nc(-c4ccc(-c5cccc(-c6ccccn6)c5)cc4)nc(-c4cccc5ccccc45)n3)cc2)cc1. The van der Waals surface area contributed by atoms with Gasteiger partial charge >= 0.3 is 0 Å². The summed E-state index contributed by atoms with van der Waals surface area (Å²) in [4.78, 5) is 19.6. The minimum absolute atomic E-state index is 0.633. The van der Waals surface area contributed by atoms with E-state index in [0.717, 1.165) is 55.4 Å². The molecule has 0 unspecified atom stereocenters. The van der Waals surface area contributed by atoms with E-state index in [2.05, 4.69) is 145 Å². The van der Waals surface area contributed by atoms with Crippen LogP contribution in [0.5, 0.6) is 0 Å². The summed E-state index contributed by atoms with van der Waals surface area (Å²) in [7, 11) is 0. The van der Waals surface area contributed by atoms with E-state index in [1.807, 2.05) is 30.5 Å². The van der Waals surface area contributed by atoms with Crippen LogP contribution in [0.15, 0.2) is 170 Å². The van der Waals surface area contributed by atoms with E-state index in [1.165, 1.54) is 5.56 Å². The molecule has 0 aliphatic rings. The number of benzene rings is 6. The summed E-state index contributed by atoms with van der Waals surface area (Å²) in [6.07, 6.45) is 1.82. The second kappa shape index (κ2) is 12.0. The molecule has 0 amide bonds. The Morgan fingerprint density at radius 2 is 0.848 bits per heavy atom. The lowest BCUT2D eigenvalue weighted by atomic mass is 10.00. The molecular weight excluding hydrogens is 560 g/mol. The molecule has 0 saturated carbocycles. The van der Waals surface area contributed by atoms with Gasteiger partial charge in [0, 0.05) is 28.5 Å². The van der Waals surface area contributed by atoms with E-state index in [9.17, 15) is 0 Å². The molecule has 0 bridgehead atoms. The first-order valence-electron chi connectivity index (χ1n) is 15.3. The van der Waals surface area contributed by atoms with E-state index in [0.29, 0.717) is 17.5 Å². The first-order valence-corrected chi connectivity index (χ1v) is 15.3. The molecular formula is C42H28N4. The number of hydrogen-bond donors (Lipinski definition) is 0. The van der Waals surface area contributed by atoms with Crippen molar-refractivity contribution in [2.45, 2.75) is 0 Å². The van der Waals surface area contributed by atoms with E-state index in [1.54, 1.807) is 0 Å². The number of fused-ring (bicyclic) bond motifs is 1. The molecule has 0 radical (unpaired) electrons. The monoisotopic (exact) mass is 588 g/mol. The third-order valence-electron chi connectivity index (χ3n) is 8.22. The van der Waals surface area contributed by atoms with Crippen molar-refractivity contribution in [3.05, 3.63) is 170 Å². The molecule has 2 aromatic heterocycles. The molecule has 8 rings (SSSR count). The maximum absolute atomic E-state index is 5.04. The van der Waals surface area contributed by atoms with Crippen molar-refractivity contribution in [1.29, 1.82) is 0 Å². The van der Waals surface area contributed by atoms with Crippen LogP contribution in [0.2, 0.25) is 0 Å². The van der Waals surface area contributed by atoms with Crippen LogP contribution in [-0.2, 0) is 0 Å². The summed E-state index contributed by atoms with van der Waals surface area (Å²) in [5.41, 5.74) is 9.44. The zero-order valence-corrected chi connectivity index (χ0v) is 25.0. The van der Waals surface area contributed by atoms with Crippen molar-refractivity contribution < 1.29 is 0 Å². The van der Waals surface area contributed by atoms with Crippen LogP contribution in [0.1, 0.15) is 0 Å². The Labute approximate surface area is 267 Å². The highest BCUT2D eigenvalue weighted by molar-refractivity contribution is 5.95. The summed E-state index contributed by atoms with van der Waals surface area (Å²) >= 11 is 0. The second-order valence-electron chi connectivity index (χ2n) is 11.1. The van der Waals surface area contributed by atoms with Crippen molar-refractivity contribution in [1.82, 2.24) is 19.9 Å². The second-order valence-corrected chi connectivity index (χ2v) is 11.1. The number of rotatable bonds is 6. The Morgan fingerprint density at radius 1 is 0.326 bits per heavy atom. The molecule has 8 aromatic rings. The van der Waals surface area contributed by atoms with Gasteiger partial charge in [-0.15, -0.1) is 0 Å². The van der Waals surface area contributed by atoms with Crippen molar-refractivity contribution in [2.75, 3.05) is 0 Å². The van der Waals surface area contributed by atoms with Gasteiger partial charge in [-0.25, -0.2) is 15.0 Å². The Hall–Kier alpha value is -6.26. The predicted octanol–water partition coefficient (Wildman–Crippen LogP) is 10.4. The van der Waals surface area contributed by atoms with Crippen LogP contribution in [0.3, 0.4) is 0 Å². The van der Waals surface area contributed by atoms with Gasteiger partial charge < -0.3 is 0 Å². The fourth-order valence-corrected chi connectivity index (χ4v) is 5.82. The molecule has 0 spiro atoms. The van der Waals surface area contributed by atoms with Crippen LogP contribution in [0.25, 0.3) is 78.4 Å². The van der Waals surface area contributed by atoms with E-state index < -0.39 is 0 Å². The van der Waals surface area contributed by atoms with Crippen molar-refractivity contribution >= 4 is 10.8 Å². The molecule has 2 heterocycles. The van der Waals surface area contributed by atoms with Crippen molar-refractivity contribution in [3.63, 3.8) is 0 Å². The molecule has 0 fully saturated rings. The highest BCUT2D eigenvalue weighted by Crippen LogP contribution is 2.32. The summed E-state index contributed by atoms with van der Waals surface area (Å²) in [6.45, 7) is 0. The predicted molar refractivity (Wildman–Crippen MR) is 188 cm³/mol. The van der Waals surface area contributed by atoms with Gasteiger partial charge in [0.1, 0.15) is 0 Å². The molecule has 6 aromatic carbocycles. The standard InChI is InChI=1S/C42H28N4/c1-2-10-29(11-3-1)30-19-23-33(24-20-30)40-44-41(46-42(45-40)38-17-9-13-32-12-4-5-16-37(32)38)34-25-21-31(22-26-34)35-14-8-15-36(28-35)39-18-6-7-27-43-39/h1-28H. The van der Waals surface area contributed by atoms with Crippen LogP contribution < -0.4 is 0 Å². The molecule has 4 heteroatoms. The van der Waals surface area contributed by atoms with Gasteiger partial charge in [-0.2, -0.15) is 0 Å². The third-order valence-corrected chi connectivity index (χ3v) is 8.22. The average Bonchev–Trinajstić information content (AvgIpc) is 3.15. The smallest absolute Gasteiger partial charge is 0.164 e. The quantitative estimate of drug-likeness (QED) is 0.194. The first kappa shape index (κ1) is 27.3. The fourth-order valence-electron chi connectivity index (χ4n) is 5.82. The zero-order valence-electron chi connectivity index (χ0n) is 25.0. The van der Waals surface area contributed by atoms with Crippen LogP contribution in [0.4, 0.5) is 0 Å². The van der Waals surface area contributed by atoms with E-state index in [4.69, 9.17) is 15.0 Å². The zero-order chi connectivity index (χ0) is 30.7. The molecule has 0 N–H and O–H groups in total. The van der Waals surface area contributed by atoms with E-state index in [-0.39, 0.29) is 0 Å². The number of hydrogen-bond acceptors (Lipinski definition) is 4. The molecule has 46 heavy (non-hydrogen) atoms. The number of aromatic nitrogens is 4. The molecule has 0 aliphatic heterocycles. The maximum Gasteiger partial charge on any atom is 0.164 e. The lowest BCUT2D eigenvalue weighted by molar-refractivity contribution is 1.08. The van der Waals surface area contributed by atoms with Gasteiger partial charge in [-0.3, -0.25) is 4.98 Å². The Bertz CT molecular complexity index is 2270. The largest absolute Gasteiger partial charge is 0.256 e. The Balaban J connectivity index is 1.21. The summed E-state index contributed by atoms with van der Waals surface area (Å²) < 4.78 is 0. The van der Waals surface area contributed by atoms with Crippen molar-refractivity contribution in [3.8, 4) is 67.7 Å². The highest BCUT2D eigenvalue weighted by atomic mass is 15.0. The molecule has 0 atom stereocenters. The Kier molecular flexibility index (Phi) is 7.14. The van der Waals surface area contributed by atoms with E-state index >= 15 is 0 Å². The topological polar surface area (TPSA) is 51.6 Å². The van der Waals surface area contributed by atoms with Gasteiger partial charge in [0.05, 0.1) is 5.69 Å². The average molecular weight is 589 g/mol. The van der Waals surface area contributed by atoms with Crippen LogP contribution in [-0.4, -0.2) is 19.9 Å². The van der Waals surface area contributed by atoms with Gasteiger partial charge in [0.25, 0.3) is 0 Å². The number of pyridine rings is 1. The molecule has 0 aliphatic carbocycles. The van der Waals surface area contributed by atoms with Crippen molar-refractivity contribution in [2.24, 2.45) is 0 Å². The lowest BCUT2D eigenvalue weighted by Crippen LogP contribution is -2.00. The lowest BCUT2D eigenvalue weighted by Gasteiger charge is -2.11. The highest BCUT2D eigenvalue weighted by Gasteiger charge is 2.15. The molecule has 0 saturated heterocycles. The van der Waals surface area contributed by atoms with Crippen LogP contribution >= 0.6 is 0 Å². The normalized spacial score (nSPS) is 11.0. The van der Waals surface area contributed by atoms with Gasteiger partial charge in [0.15, 0.2) is 17.5 Å². The molecule has 4 nitrogen and oxygen atoms in total. The minimum atomic E-state index is 0.633. The first-order chi connectivity index (χ1) is 22.8. The minimum Gasteiger partial charge on any atom is -0.256 e. The third kappa shape index (κ3) is 5.44. The Morgan fingerprint density at radius 3 is 1.57 bits per heavy atom. The summed E-state index contributed by atoms with van der Waals surface area (Å²) in [6, 6.07) is 56.3. The molecule has 216 valence electrons. The maximum atomic E-state index is 5.04. The summed E-state index contributed by atoms with van der Waals surface area (Å²) in [5, 5.41) is 2.25. The van der Waals surface area contributed by atoms with Gasteiger partial charge in [0.2, 0.25) is 0 Å². The van der Waals surface area contributed by atoms with Gasteiger partial charge in [-0.05, 0) is 51.2 Å². The fraction of sp³-hybridized carbons (Fsp3) is 0. The van der Waals surface area contributed by atoms with Crippen LogP contribution in [0, 0.1) is 0 Å².